The fourth-order valence-electron chi connectivity index (χ4n) is 2.31. The minimum atomic E-state index is -0.233. The third-order valence-corrected chi connectivity index (χ3v) is 5.58. The zero-order valence-electron chi connectivity index (χ0n) is 13.7. The Labute approximate surface area is 153 Å². The summed E-state index contributed by atoms with van der Waals surface area (Å²) in [6, 6.07) is 12.3. The van der Waals surface area contributed by atoms with Crippen LogP contribution in [0.2, 0.25) is 0 Å². The third-order valence-electron chi connectivity index (χ3n) is 3.56. The lowest BCUT2D eigenvalue weighted by molar-refractivity contribution is 0.102. The van der Waals surface area contributed by atoms with Gasteiger partial charge >= 0.3 is 0 Å². The average Bonchev–Trinajstić information content (AvgIpc) is 3.01. The molecule has 7 heteroatoms. The molecule has 25 heavy (non-hydrogen) atoms. The van der Waals surface area contributed by atoms with Crippen molar-refractivity contribution in [2.24, 2.45) is 0 Å². The van der Waals surface area contributed by atoms with Crippen molar-refractivity contribution in [3.05, 3.63) is 70.5 Å². The summed E-state index contributed by atoms with van der Waals surface area (Å²) in [5.41, 5.74) is 3.25. The highest BCUT2D eigenvalue weighted by Crippen LogP contribution is 2.29. The number of nitrogens with one attached hydrogen (secondary N) is 1. The first-order chi connectivity index (χ1) is 12.0. The molecule has 1 heterocycles. The summed E-state index contributed by atoms with van der Waals surface area (Å²) in [5, 5.41) is 11.2. The Kier molecular flexibility index (Phi) is 5.45. The summed E-state index contributed by atoms with van der Waals surface area (Å²) in [4.78, 5) is 12.4. The molecule has 0 spiro atoms. The van der Waals surface area contributed by atoms with E-state index < -0.39 is 0 Å². The number of aryl methyl sites for hydroxylation is 2. The summed E-state index contributed by atoms with van der Waals surface area (Å²) in [6.07, 6.45) is 0. The van der Waals surface area contributed by atoms with Crippen LogP contribution in [0.5, 0.6) is 0 Å². The Morgan fingerprint density at radius 3 is 2.76 bits per heavy atom. The summed E-state index contributed by atoms with van der Waals surface area (Å²) in [5.74, 6) is 0.0222. The van der Waals surface area contributed by atoms with Crippen molar-refractivity contribution in [3.63, 3.8) is 0 Å². The van der Waals surface area contributed by atoms with Crippen LogP contribution in [0.3, 0.4) is 0 Å². The van der Waals surface area contributed by atoms with E-state index in [9.17, 15) is 9.18 Å². The van der Waals surface area contributed by atoms with Gasteiger partial charge in [0.25, 0.3) is 5.91 Å². The molecule has 0 bridgehead atoms. The maximum atomic E-state index is 13.6. The van der Waals surface area contributed by atoms with Crippen LogP contribution < -0.4 is 5.32 Å². The van der Waals surface area contributed by atoms with Crippen molar-refractivity contribution < 1.29 is 9.18 Å². The molecule has 1 N–H and O–H groups in total. The third kappa shape index (κ3) is 4.43. The number of carbonyl (C=O) groups excluding carboxylic acids is 1. The summed E-state index contributed by atoms with van der Waals surface area (Å²) in [6.45, 7) is 3.89. The molecule has 0 saturated heterocycles. The van der Waals surface area contributed by atoms with Crippen molar-refractivity contribution in [3.8, 4) is 0 Å². The topological polar surface area (TPSA) is 54.9 Å². The van der Waals surface area contributed by atoms with Gasteiger partial charge in [-0.1, -0.05) is 59.0 Å². The lowest BCUT2D eigenvalue weighted by Crippen LogP contribution is -2.13. The van der Waals surface area contributed by atoms with E-state index >= 15 is 0 Å². The van der Waals surface area contributed by atoms with Gasteiger partial charge in [0.1, 0.15) is 5.82 Å². The molecule has 0 atom stereocenters. The Morgan fingerprint density at radius 1 is 1.20 bits per heavy atom. The van der Waals surface area contributed by atoms with E-state index in [2.05, 4.69) is 15.5 Å². The van der Waals surface area contributed by atoms with Crippen molar-refractivity contribution in [2.45, 2.75) is 23.9 Å². The maximum absolute atomic E-state index is 13.6. The fraction of sp³-hybridized carbons (Fsp3) is 0.167. The molecule has 1 amide bonds. The Bertz CT molecular complexity index is 911. The number of aromatic nitrogens is 2. The Hall–Kier alpha value is -2.25. The quantitative estimate of drug-likeness (QED) is 0.514. The number of thioether (sulfide) groups is 1. The largest absolute Gasteiger partial charge is 0.296 e. The standard InChI is InChI=1S/C18H16FN3OS2/c1-11-7-8-14(12(2)9-11)16(23)20-17-21-22-18(25-17)24-10-13-5-3-4-6-15(13)19/h3-9H,10H2,1-2H3,(H,20,21,23). The first-order valence-electron chi connectivity index (χ1n) is 7.61. The lowest BCUT2D eigenvalue weighted by Gasteiger charge is -2.05. The van der Waals surface area contributed by atoms with Gasteiger partial charge in [-0.15, -0.1) is 10.2 Å². The zero-order chi connectivity index (χ0) is 17.8. The number of amides is 1. The van der Waals surface area contributed by atoms with Gasteiger partial charge in [-0.05, 0) is 37.1 Å². The maximum Gasteiger partial charge on any atom is 0.257 e. The van der Waals surface area contributed by atoms with Crippen LogP contribution in [0.4, 0.5) is 9.52 Å². The molecule has 3 aromatic rings. The number of hydrogen-bond acceptors (Lipinski definition) is 5. The fourth-order valence-corrected chi connectivity index (χ4v) is 4.04. The molecular formula is C18H16FN3OS2. The van der Waals surface area contributed by atoms with E-state index in [1.165, 1.54) is 29.2 Å². The van der Waals surface area contributed by atoms with Gasteiger partial charge in [-0.25, -0.2) is 4.39 Å². The smallest absolute Gasteiger partial charge is 0.257 e. The SMILES string of the molecule is Cc1ccc(C(=O)Nc2nnc(SCc3ccccc3F)s2)c(C)c1. The van der Waals surface area contributed by atoms with Crippen LogP contribution in [0, 0.1) is 19.7 Å². The summed E-state index contributed by atoms with van der Waals surface area (Å²) in [7, 11) is 0. The van der Waals surface area contributed by atoms with Gasteiger partial charge in [0.2, 0.25) is 5.13 Å². The molecule has 0 unspecified atom stereocenters. The second kappa shape index (κ2) is 7.76. The highest BCUT2D eigenvalue weighted by atomic mass is 32.2. The van der Waals surface area contributed by atoms with Gasteiger partial charge in [-0.2, -0.15) is 0 Å². The molecule has 2 aromatic carbocycles. The number of nitrogens with zero attached hydrogens (tertiary/aromatic N) is 2. The highest BCUT2D eigenvalue weighted by molar-refractivity contribution is 8.00. The number of halogens is 1. The predicted octanol–water partition coefficient (Wildman–Crippen LogP) is 4.84. The Balaban J connectivity index is 1.63. The number of hydrogen-bond donors (Lipinski definition) is 1. The number of anilines is 1. The van der Waals surface area contributed by atoms with E-state index in [0.717, 1.165) is 11.1 Å². The molecule has 0 radical (unpaired) electrons. The normalized spacial score (nSPS) is 10.7. The second-order valence-electron chi connectivity index (χ2n) is 5.53. The van der Waals surface area contributed by atoms with Crippen LogP contribution in [0.15, 0.2) is 46.8 Å². The first-order valence-corrected chi connectivity index (χ1v) is 9.41. The van der Waals surface area contributed by atoms with E-state index in [1.807, 2.05) is 26.0 Å². The van der Waals surface area contributed by atoms with Crippen molar-refractivity contribution in [1.82, 2.24) is 10.2 Å². The monoisotopic (exact) mass is 373 g/mol. The molecule has 128 valence electrons. The van der Waals surface area contributed by atoms with Gasteiger partial charge in [-0.3, -0.25) is 10.1 Å². The number of carbonyl (C=O) groups is 1. The molecule has 4 nitrogen and oxygen atoms in total. The van der Waals surface area contributed by atoms with Gasteiger partial charge < -0.3 is 0 Å². The molecular weight excluding hydrogens is 357 g/mol. The van der Waals surface area contributed by atoms with Crippen LogP contribution in [-0.2, 0) is 5.75 Å². The zero-order valence-corrected chi connectivity index (χ0v) is 15.4. The van der Waals surface area contributed by atoms with Crippen LogP contribution in [0.25, 0.3) is 0 Å². The summed E-state index contributed by atoms with van der Waals surface area (Å²) < 4.78 is 14.3. The van der Waals surface area contributed by atoms with Crippen molar-refractivity contribution in [1.29, 1.82) is 0 Å². The van der Waals surface area contributed by atoms with Crippen LogP contribution in [-0.4, -0.2) is 16.1 Å². The van der Waals surface area contributed by atoms with E-state index in [0.29, 0.717) is 26.4 Å². The Morgan fingerprint density at radius 2 is 2.00 bits per heavy atom. The van der Waals surface area contributed by atoms with Gasteiger partial charge in [0.15, 0.2) is 4.34 Å². The van der Waals surface area contributed by atoms with Gasteiger partial charge in [0.05, 0.1) is 0 Å². The number of benzene rings is 2. The minimum absolute atomic E-state index is 0.209. The molecule has 0 saturated carbocycles. The molecule has 0 aliphatic heterocycles. The summed E-state index contributed by atoms with van der Waals surface area (Å²) >= 11 is 2.67. The predicted molar refractivity (Wildman–Crippen MR) is 99.7 cm³/mol. The average molecular weight is 373 g/mol. The highest BCUT2D eigenvalue weighted by Gasteiger charge is 2.13. The van der Waals surface area contributed by atoms with Gasteiger partial charge in [0, 0.05) is 11.3 Å². The van der Waals surface area contributed by atoms with Crippen molar-refractivity contribution in [2.75, 3.05) is 5.32 Å². The van der Waals surface area contributed by atoms with E-state index in [-0.39, 0.29) is 11.7 Å². The van der Waals surface area contributed by atoms with Crippen LogP contribution in [0.1, 0.15) is 27.0 Å². The molecule has 0 aliphatic rings. The molecule has 0 aliphatic carbocycles. The second-order valence-corrected chi connectivity index (χ2v) is 7.73. The van der Waals surface area contributed by atoms with E-state index in [4.69, 9.17) is 0 Å². The lowest BCUT2D eigenvalue weighted by atomic mass is 10.1. The van der Waals surface area contributed by atoms with E-state index in [1.54, 1.807) is 24.3 Å². The van der Waals surface area contributed by atoms with Crippen molar-refractivity contribution >= 4 is 34.1 Å². The molecule has 1 aromatic heterocycles. The first kappa shape index (κ1) is 17.6. The van der Waals surface area contributed by atoms with Crippen LogP contribution >= 0.6 is 23.1 Å². The minimum Gasteiger partial charge on any atom is -0.296 e. The number of rotatable bonds is 5. The molecule has 0 fully saturated rings. The molecule has 3 rings (SSSR count).